The lowest BCUT2D eigenvalue weighted by Gasteiger charge is -2.17. The van der Waals surface area contributed by atoms with Crippen molar-refractivity contribution >= 4 is 22.6 Å². The summed E-state index contributed by atoms with van der Waals surface area (Å²) in [5, 5.41) is 3.21. The number of hydrogen-bond donors (Lipinski definition) is 1. The lowest BCUT2D eigenvalue weighted by atomic mass is 9.98. The van der Waals surface area contributed by atoms with E-state index in [-0.39, 0.29) is 6.04 Å². The van der Waals surface area contributed by atoms with E-state index < -0.39 is 11.7 Å². The first-order valence-corrected chi connectivity index (χ1v) is 7.57. The Labute approximate surface area is 135 Å². The van der Waals surface area contributed by atoms with E-state index in [1.165, 1.54) is 0 Å². The third-order valence-electron chi connectivity index (χ3n) is 3.32. The number of hydrogen-bond acceptors (Lipinski definition) is 1. The van der Waals surface area contributed by atoms with Crippen LogP contribution in [0.2, 0.25) is 0 Å². The van der Waals surface area contributed by atoms with E-state index in [1.807, 2.05) is 25.2 Å². The predicted molar refractivity (Wildman–Crippen MR) is 86.1 cm³/mol. The van der Waals surface area contributed by atoms with Gasteiger partial charge in [-0.15, -0.1) is 0 Å². The Morgan fingerprint density at radius 2 is 1.76 bits per heavy atom. The van der Waals surface area contributed by atoms with Crippen LogP contribution >= 0.6 is 22.6 Å². The maximum atomic E-state index is 12.5. The van der Waals surface area contributed by atoms with Gasteiger partial charge in [-0.1, -0.05) is 24.3 Å². The van der Waals surface area contributed by atoms with Gasteiger partial charge < -0.3 is 5.32 Å². The lowest BCUT2D eigenvalue weighted by Crippen LogP contribution is -2.19. The zero-order valence-corrected chi connectivity index (χ0v) is 13.6. The molecule has 2 aromatic rings. The Morgan fingerprint density at radius 1 is 1.10 bits per heavy atom. The third kappa shape index (κ3) is 4.44. The van der Waals surface area contributed by atoms with Crippen LogP contribution in [-0.2, 0) is 12.6 Å². The van der Waals surface area contributed by atoms with Gasteiger partial charge in [0.2, 0.25) is 0 Å². The Bertz CT molecular complexity index is 593. The molecule has 1 atom stereocenters. The fraction of sp³-hybridized carbons (Fsp3) is 0.250. The van der Waals surface area contributed by atoms with E-state index in [2.05, 4.69) is 34.0 Å². The summed E-state index contributed by atoms with van der Waals surface area (Å²) in [5.74, 6) is 0. The van der Waals surface area contributed by atoms with E-state index >= 15 is 0 Å². The summed E-state index contributed by atoms with van der Waals surface area (Å²) < 4.78 is 38.8. The zero-order chi connectivity index (χ0) is 15.5. The average molecular weight is 405 g/mol. The fourth-order valence-electron chi connectivity index (χ4n) is 2.18. The molecule has 0 radical (unpaired) electrons. The average Bonchev–Trinajstić information content (AvgIpc) is 2.44. The Balaban J connectivity index is 2.15. The van der Waals surface area contributed by atoms with Crippen molar-refractivity contribution in [2.75, 3.05) is 7.05 Å². The molecule has 2 aromatic carbocycles. The molecule has 21 heavy (non-hydrogen) atoms. The van der Waals surface area contributed by atoms with Gasteiger partial charge in [0.05, 0.1) is 5.56 Å². The standard InChI is InChI=1S/C16H15F3IN/c1-21-15(12-3-2-4-14(20)10-12)9-11-5-7-13(8-6-11)16(17,18)19/h2-8,10,15,21H,9H2,1H3. The summed E-state index contributed by atoms with van der Waals surface area (Å²) in [6.07, 6.45) is -3.63. The quantitative estimate of drug-likeness (QED) is 0.720. The van der Waals surface area contributed by atoms with Crippen molar-refractivity contribution in [1.29, 1.82) is 0 Å². The third-order valence-corrected chi connectivity index (χ3v) is 3.99. The molecule has 0 saturated carbocycles. The monoisotopic (exact) mass is 405 g/mol. The van der Waals surface area contributed by atoms with Crippen LogP contribution in [0.1, 0.15) is 22.7 Å². The summed E-state index contributed by atoms with van der Waals surface area (Å²) >= 11 is 2.25. The first-order chi connectivity index (χ1) is 9.90. The lowest BCUT2D eigenvalue weighted by molar-refractivity contribution is -0.137. The van der Waals surface area contributed by atoms with E-state index in [0.717, 1.165) is 26.8 Å². The highest BCUT2D eigenvalue weighted by Crippen LogP contribution is 2.29. The minimum absolute atomic E-state index is 0.0800. The highest BCUT2D eigenvalue weighted by Gasteiger charge is 2.29. The van der Waals surface area contributed by atoms with Gasteiger partial charge in [0, 0.05) is 9.61 Å². The molecule has 0 bridgehead atoms. The molecule has 1 nitrogen and oxygen atoms in total. The molecule has 5 heteroatoms. The maximum Gasteiger partial charge on any atom is 0.416 e. The molecule has 0 amide bonds. The highest BCUT2D eigenvalue weighted by atomic mass is 127. The molecule has 0 aliphatic rings. The Morgan fingerprint density at radius 3 is 2.29 bits per heavy atom. The van der Waals surface area contributed by atoms with Crippen LogP contribution in [0.25, 0.3) is 0 Å². The molecule has 0 spiro atoms. The topological polar surface area (TPSA) is 12.0 Å². The molecular weight excluding hydrogens is 390 g/mol. The largest absolute Gasteiger partial charge is 0.416 e. The van der Waals surface area contributed by atoms with Crippen molar-refractivity contribution in [3.63, 3.8) is 0 Å². The SMILES string of the molecule is CNC(Cc1ccc(C(F)(F)F)cc1)c1cccc(I)c1. The molecule has 0 aliphatic carbocycles. The molecule has 1 unspecified atom stereocenters. The second-order valence-electron chi connectivity index (χ2n) is 4.80. The number of benzene rings is 2. The number of nitrogens with one attached hydrogen (secondary N) is 1. The van der Waals surface area contributed by atoms with Gasteiger partial charge in [-0.3, -0.25) is 0 Å². The van der Waals surface area contributed by atoms with Crippen molar-refractivity contribution in [2.24, 2.45) is 0 Å². The van der Waals surface area contributed by atoms with Crippen LogP contribution in [0.15, 0.2) is 48.5 Å². The molecule has 0 fully saturated rings. The molecular formula is C16H15F3IN. The summed E-state index contributed by atoms with van der Waals surface area (Å²) in [6.45, 7) is 0. The fourth-order valence-corrected chi connectivity index (χ4v) is 2.74. The van der Waals surface area contributed by atoms with Gasteiger partial charge in [0.15, 0.2) is 0 Å². The normalized spacial score (nSPS) is 13.2. The zero-order valence-electron chi connectivity index (χ0n) is 11.4. The van der Waals surface area contributed by atoms with Crippen molar-refractivity contribution in [1.82, 2.24) is 5.32 Å². The van der Waals surface area contributed by atoms with Crippen LogP contribution in [0, 0.1) is 3.57 Å². The second kappa shape index (κ2) is 6.79. The number of alkyl halides is 3. The highest BCUT2D eigenvalue weighted by molar-refractivity contribution is 14.1. The van der Waals surface area contributed by atoms with Crippen LogP contribution in [0.5, 0.6) is 0 Å². The summed E-state index contributed by atoms with van der Waals surface area (Å²) in [5.41, 5.74) is 1.40. The molecule has 0 aromatic heterocycles. The van der Waals surface area contributed by atoms with Crippen LogP contribution in [0.4, 0.5) is 13.2 Å². The minimum atomic E-state index is -4.28. The summed E-state index contributed by atoms with van der Waals surface area (Å²) in [7, 11) is 1.86. The molecule has 0 saturated heterocycles. The van der Waals surface area contributed by atoms with E-state index in [1.54, 1.807) is 12.1 Å². The van der Waals surface area contributed by atoms with Crippen LogP contribution < -0.4 is 5.32 Å². The molecule has 2 rings (SSSR count). The van der Waals surface area contributed by atoms with Gasteiger partial charge in [-0.05, 0) is 71.5 Å². The second-order valence-corrected chi connectivity index (χ2v) is 6.04. The Kier molecular flexibility index (Phi) is 5.27. The maximum absolute atomic E-state index is 12.5. The number of halogens is 4. The predicted octanol–water partition coefficient (Wildman–Crippen LogP) is 4.81. The molecule has 1 N–H and O–H groups in total. The van der Waals surface area contributed by atoms with Crippen molar-refractivity contribution < 1.29 is 13.2 Å². The smallest absolute Gasteiger partial charge is 0.313 e. The molecule has 0 heterocycles. The first kappa shape index (κ1) is 16.3. The van der Waals surface area contributed by atoms with E-state index in [9.17, 15) is 13.2 Å². The molecule has 112 valence electrons. The van der Waals surface area contributed by atoms with Crippen LogP contribution in [0.3, 0.4) is 0 Å². The van der Waals surface area contributed by atoms with Crippen molar-refractivity contribution in [3.05, 3.63) is 68.8 Å². The molecule has 0 aliphatic heterocycles. The van der Waals surface area contributed by atoms with Crippen LogP contribution in [-0.4, -0.2) is 7.05 Å². The Hall–Kier alpha value is -1.08. The van der Waals surface area contributed by atoms with Gasteiger partial charge >= 0.3 is 6.18 Å². The number of rotatable bonds is 4. The first-order valence-electron chi connectivity index (χ1n) is 6.49. The van der Waals surface area contributed by atoms with Gasteiger partial charge in [0.1, 0.15) is 0 Å². The van der Waals surface area contributed by atoms with Gasteiger partial charge in [0.25, 0.3) is 0 Å². The summed E-state index contributed by atoms with van der Waals surface area (Å²) in [6, 6.07) is 13.5. The number of likely N-dealkylation sites (N-methyl/N-ethyl adjacent to an activating group) is 1. The van der Waals surface area contributed by atoms with Crippen molar-refractivity contribution in [2.45, 2.75) is 18.6 Å². The van der Waals surface area contributed by atoms with Gasteiger partial charge in [-0.2, -0.15) is 13.2 Å². The minimum Gasteiger partial charge on any atom is -0.313 e. The van der Waals surface area contributed by atoms with Gasteiger partial charge in [-0.25, -0.2) is 0 Å². The van der Waals surface area contributed by atoms with E-state index in [0.29, 0.717) is 6.42 Å². The van der Waals surface area contributed by atoms with E-state index in [4.69, 9.17) is 0 Å². The van der Waals surface area contributed by atoms with Crippen molar-refractivity contribution in [3.8, 4) is 0 Å². The summed E-state index contributed by atoms with van der Waals surface area (Å²) in [4.78, 5) is 0.